The van der Waals surface area contributed by atoms with E-state index in [4.69, 9.17) is 11.6 Å². The molecule has 96 valence electrons. The molecule has 0 bridgehead atoms. The highest BCUT2D eigenvalue weighted by Crippen LogP contribution is 2.30. The molecule has 1 N–H and O–H groups in total. The highest BCUT2D eigenvalue weighted by molar-refractivity contribution is 6.33. The lowest BCUT2D eigenvalue weighted by Crippen LogP contribution is -2.28. The molecule has 0 heterocycles. The maximum absolute atomic E-state index is 6.31. The largest absolute Gasteiger partial charge is 0.371 e. The van der Waals surface area contributed by atoms with Crippen molar-refractivity contribution >= 4 is 17.3 Å². The van der Waals surface area contributed by atoms with E-state index in [0.717, 1.165) is 30.2 Å². The van der Waals surface area contributed by atoms with Gasteiger partial charge < -0.3 is 10.2 Å². The molecule has 0 fully saturated rings. The van der Waals surface area contributed by atoms with Crippen molar-refractivity contribution in [2.45, 2.75) is 39.8 Å². The van der Waals surface area contributed by atoms with Gasteiger partial charge in [0.05, 0.1) is 10.7 Å². The third kappa shape index (κ3) is 3.90. The normalized spacial score (nSPS) is 10.9. The standard InChI is InChI=1S/C14H23ClN2/c1-5-9-16-10-12-7-6-8-13(15)14(12)17(4)11(2)3/h6-8,11,16H,5,9-10H2,1-4H3. The first-order valence-electron chi connectivity index (χ1n) is 6.28. The molecule has 17 heavy (non-hydrogen) atoms. The summed E-state index contributed by atoms with van der Waals surface area (Å²) in [5.41, 5.74) is 2.41. The number of para-hydroxylation sites is 1. The highest BCUT2D eigenvalue weighted by Gasteiger charge is 2.13. The minimum atomic E-state index is 0.444. The van der Waals surface area contributed by atoms with Crippen molar-refractivity contribution in [3.8, 4) is 0 Å². The third-order valence-corrected chi connectivity index (χ3v) is 3.24. The average Bonchev–Trinajstić information content (AvgIpc) is 2.28. The topological polar surface area (TPSA) is 15.3 Å². The zero-order valence-electron chi connectivity index (χ0n) is 11.3. The van der Waals surface area contributed by atoms with Gasteiger partial charge in [-0.05, 0) is 38.4 Å². The summed E-state index contributed by atoms with van der Waals surface area (Å²) in [6.07, 6.45) is 1.15. The van der Waals surface area contributed by atoms with Crippen LogP contribution in [-0.4, -0.2) is 19.6 Å². The van der Waals surface area contributed by atoms with Gasteiger partial charge in [-0.1, -0.05) is 30.7 Å². The van der Waals surface area contributed by atoms with Gasteiger partial charge in [0.15, 0.2) is 0 Å². The molecule has 0 atom stereocenters. The quantitative estimate of drug-likeness (QED) is 0.779. The van der Waals surface area contributed by atoms with E-state index in [2.05, 4.69) is 44.1 Å². The smallest absolute Gasteiger partial charge is 0.0642 e. The van der Waals surface area contributed by atoms with E-state index in [1.54, 1.807) is 0 Å². The van der Waals surface area contributed by atoms with Crippen molar-refractivity contribution in [2.75, 3.05) is 18.5 Å². The second-order valence-electron chi connectivity index (χ2n) is 4.63. The van der Waals surface area contributed by atoms with E-state index in [9.17, 15) is 0 Å². The predicted molar refractivity (Wildman–Crippen MR) is 77.0 cm³/mol. The Morgan fingerprint density at radius 3 is 2.65 bits per heavy atom. The van der Waals surface area contributed by atoms with Crippen molar-refractivity contribution in [3.63, 3.8) is 0 Å². The molecule has 2 nitrogen and oxygen atoms in total. The van der Waals surface area contributed by atoms with Crippen LogP contribution in [0.4, 0.5) is 5.69 Å². The van der Waals surface area contributed by atoms with Crippen LogP contribution in [0.25, 0.3) is 0 Å². The molecular formula is C14H23ClN2. The van der Waals surface area contributed by atoms with E-state index in [1.807, 2.05) is 12.1 Å². The van der Waals surface area contributed by atoms with Gasteiger partial charge in [0.1, 0.15) is 0 Å². The second kappa shape index (κ2) is 6.87. The summed E-state index contributed by atoms with van der Waals surface area (Å²) in [6, 6.07) is 6.56. The Balaban J connectivity index is 2.91. The molecule has 3 heteroatoms. The Kier molecular flexibility index (Phi) is 5.79. The number of rotatable bonds is 6. The predicted octanol–water partition coefficient (Wildman–Crippen LogP) is 3.68. The molecule has 0 radical (unpaired) electrons. The first-order chi connectivity index (χ1) is 8.07. The van der Waals surface area contributed by atoms with E-state index in [-0.39, 0.29) is 0 Å². The molecule has 0 aromatic heterocycles. The van der Waals surface area contributed by atoms with Crippen LogP contribution in [0.1, 0.15) is 32.8 Å². The Bertz CT molecular complexity index is 350. The van der Waals surface area contributed by atoms with E-state index in [1.165, 1.54) is 5.56 Å². The van der Waals surface area contributed by atoms with Crippen LogP contribution < -0.4 is 10.2 Å². The molecule has 0 spiro atoms. The Morgan fingerprint density at radius 1 is 1.35 bits per heavy atom. The molecule has 0 saturated heterocycles. The zero-order valence-corrected chi connectivity index (χ0v) is 12.0. The molecule has 0 unspecified atom stereocenters. The molecule has 0 aliphatic heterocycles. The van der Waals surface area contributed by atoms with Gasteiger partial charge in [-0.25, -0.2) is 0 Å². The average molecular weight is 255 g/mol. The van der Waals surface area contributed by atoms with Gasteiger partial charge in [0, 0.05) is 19.6 Å². The Hall–Kier alpha value is -0.730. The van der Waals surface area contributed by atoms with E-state index in [0.29, 0.717) is 6.04 Å². The van der Waals surface area contributed by atoms with Crippen LogP contribution in [0.15, 0.2) is 18.2 Å². The molecule has 0 amide bonds. The molecule has 0 aliphatic carbocycles. The fraction of sp³-hybridized carbons (Fsp3) is 0.571. The van der Waals surface area contributed by atoms with Crippen molar-refractivity contribution in [1.29, 1.82) is 0 Å². The molecule has 1 aromatic carbocycles. The van der Waals surface area contributed by atoms with Gasteiger partial charge in [-0.2, -0.15) is 0 Å². The SMILES string of the molecule is CCCNCc1cccc(Cl)c1N(C)C(C)C. The molecule has 1 aromatic rings. The van der Waals surface area contributed by atoms with Crippen molar-refractivity contribution in [3.05, 3.63) is 28.8 Å². The Morgan fingerprint density at radius 2 is 2.06 bits per heavy atom. The molecule has 0 saturated carbocycles. The van der Waals surface area contributed by atoms with Crippen LogP contribution >= 0.6 is 11.6 Å². The van der Waals surface area contributed by atoms with Gasteiger partial charge in [-0.3, -0.25) is 0 Å². The third-order valence-electron chi connectivity index (χ3n) is 2.94. The maximum Gasteiger partial charge on any atom is 0.0642 e. The number of benzene rings is 1. The van der Waals surface area contributed by atoms with E-state index >= 15 is 0 Å². The van der Waals surface area contributed by atoms with Crippen LogP contribution in [0.2, 0.25) is 5.02 Å². The lowest BCUT2D eigenvalue weighted by molar-refractivity contribution is 0.669. The second-order valence-corrected chi connectivity index (χ2v) is 5.04. The summed E-state index contributed by atoms with van der Waals surface area (Å²) in [6.45, 7) is 8.43. The van der Waals surface area contributed by atoms with Crippen LogP contribution in [0.5, 0.6) is 0 Å². The number of nitrogens with one attached hydrogen (secondary N) is 1. The lowest BCUT2D eigenvalue weighted by Gasteiger charge is -2.27. The fourth-order valence-electron chi connectivity index (χ4n) is 1.76. The van der Waals surface area contributed by atoms with Gasteiger partial charge in [0.25, 0.3) is 0 Å². The summed E-state index contributed by atoms with van der Waals surface area (Å²) in [4.78, 5) is 2.23. The fourth-order valence-corrected chi connectivity index (χ4v) is 2.08. The molecule has 0 aliphatic rings. The number of anilines is 1. The monoisotopic (exact) mass is 254 g/mol. The van der Waals surface area contributed by atoms with Crippen molar-refractivity contribution in [2.24, 2.45) is 0 Å². The lowest BCUT2D eigenvalue weighted by atomic mass is 10.1. The highest BCUT2D eigenvalue weighted by atomic mass is 35.5. The first-order valence-corrected chi connectivity index (χ1v) is 6.66. The number of hydrogen-bond acceptors (Lipinski definition) is 2. The molecule has 1 rings (SSSR count). The minimum Gasteiger partial charge on any atom is -0.371 e. The summed E-state index contributed by atoms with van der Waals surface area (Å²) < 4.78 is 0. The first kappa shape index (κ1) is 14.3. The summed E-state index contributed by atoms with van der Waals surface area (Å²) >= 11 is 6.31. The maximum atomic E-state index is 6.31. The van der Waals surface area contributed by atoms with Crippen LogP contribution in [-0.2, 0) is 6.54 Å². The minimum absolute atomic E-state index is 0.444. The van der Waals surface area contributed by atoms with Crippen molar-refractivity contribution < 1.29 is 0 Å². The van der Waals surface area contributed by atoms with Gasteiger partial charge >= 0.3 is 0 Å². The number of nitrogens with zero attached hydrogens (tertiary/aromatic N) is 1. The zero-order chi connectivity index (χ0) is 12.8. The Labute approximate surface area is 110 Å². The summed E-state index contributed by atoms with van der Waals surface area (Å²) in [5.74, 6) is 0. The molecular weight excluding hydrogens is 232 g/mol. The summed E-state index contributed by atoms with van der Waals surface area (Å²) in [7, 11) is 2.09. The van der Waals surface area contributed by atoms with Gasteiger partial charge in [-0.15, -0.1) is 0 Å². The number of halogens is 1. The van der Waals surface area contributed by atoms with Gasteiger partial charge in [0.2, 0.25) is 0 Å². The van der Waals surface area contributed by atoms with E-state index < -0.39 is 0 Å². The summed E-state index contributed by atoms with van der Waals surface area (Å²) in [5, 5.41) is 4.26. The number of hydrogen-bond donors (Lipinski definition) is 1. The van der Waals surface area contributed by atoms with Crippen LogP contribution in [0, 0.1) is 0 Å². The van der Waals surface area contributed by atoms with Crippen LogP contribution in [0.3, 0.4) is 0 Å². The van der Waals surface area contributed by atoms with Crippen molar-refractivity contribution in [1.82, 2.24) is 5.32 Å².